The van der Waals surface area contributed by atoms with E-state index in [9.17, 15) is 9.65 Å². The molecule has 3 fully saturated rings. The van der Waals surface area contributed by atoms with Crippen molar-refractivity contribution >= 4 is 54.7 Å². The summed E-state index contributed by atoms with van der Waals surface area (Å²) in [6.07, 6.45) is 6.04. The van der Waals surface area contributed by atoms with Gasteiger partial charge >= 0.3 is 6.01 Å². The highest BCUT2D eigenvalue weighted by atomic mass is 35.5. The van der Waals surface area contributed by atoms with E-state index in [4.69, 9.17) is 36.5 Å². The molecule has 0 spiro atoms. The SMILES string of the molecule is COC1CC(N2CCOc3c(Cl)c(-c4ccc(F)c5sc(N)c(C#N)c45)c(F)c4nc(OCC56CCCN5CCC6)nc2c34)C1. The van der Waals surface area contributed by atoms with Gasteiger partial charge in [0.1, 0.15) is 41.4 Å². The van der Waals surface area contributed by atoms with Crippen LogP contribution >= 0.6 is 22.9 Å². The molecule has 234 valence electrons. The predicted molar refractivity (Wildman–Crippen MR) is 169 cm³/mol. The second-order valence-corrected chi connectivity index (χ2v) is 13.8. The van der Waals surface area contributed by atoms with Gasteiger partial charge in [0, 0.05) is 24.1 Å². The second kappa shape index (κ2) is 10.8. The van der Waals surface area contributed by atoms with Gasteiger partial charge in [-0.3, -0.25) is 4.90 Å². The van der Waals surface area contributed by atoms with Gasteiger partial charge in [-0.1, -0.05) is 17.7 Å². The van der Waals surface area contributed by atoms with Gasteiger partial charge in [0.05, 0.1) is 38.9 Å². The number of hydrogen-bond acceptors (Lipinski definition) is 10. The normalized spacial score (nSPS) is 22.2. The van der Waals surface area contributed by atoms with Gasteiger partial charge in [-0.25, -0.2) is 8.78 Å². The number of rotatable bonds is 6. The number of benzene rings is 2. The summed E-state index contributed by atoms with van der Waals surface area (Å²) >= 11 is 7.96. The number of fused-ring (bicyclic) bond motifs is 2. The summed E-state index contributed by atoms with van der Waals surface area (Å²) in [7, 11) is 1.70. The Kier molecular flexibility index (Phi) is 6.94. The first kappa shape index (κ1) is 28.9. The summed E-state index contributed by atoms with van der Waals surface area (Å²) in [6.45, 7) is 3.27. The van der Waals surface area contributed by atoms with Crippen LogP contribution in [0.15, 0.2) is 12.1 Å². The molecule has 4 aromatic rings. The van der Waals surface area contributed by atoms with Gasteiger partial charge in [-0.2, -0.15) is 15.2 Å². The number of aromatic nitrogens is 2. The van der Waals surface area contributed by atoms with Gasteiger partial charge in [0.15, 0.2) is 11.6 Å². The minimum atomic E-state index is -0.732. The monoisotopic (exact) mass is 652 g/mol. The summed E-state index contributed by atoms with van der Waals surface area (Å²) in [4.78, 5) is 14.2. The van der Waals surface area contributed by atoms with Crippen molar-refractivity contribution in [1.82, 2.24) is 14.9 Å². The average molecular weight is 653 g/mol. The standard InChI is InChI=1S/C32H31ClF2N6O3S/c1-42-17-12-16(13-17)41-10-11-43-27-23-26(38-31(39-30(23)41)44-15-32-6-2-8-40(32)9-3-7-32)25(35)22(24(27)33)18-4-5-20(34)28-21(18)19(14-36)29(37)45-28/h4-5,16-17H,2-3,6-13,15,37H2,1H3. The smallest absolute Gasteiger partial charge is 0.319 e. The van der Waals surface area contributed by atoms with E-state index in [0.717, 1.165) is 63.0 Å². The van der Waals surface area contributed by atoms with Crippen LogP contribution in [0.1, 0.15) is 44.1 Å². The van der Waals surface area contributed by atoms with Crippen LogP contribution in [0, 0.1) is 23.0 Å². The fraction of sp³-hybridized carbons (Fsp3) is 0.469. The Labute approximate surface area is 267 Å². The van der Waals surface area contributed by atoms with E-state index in [1.165, 1.54) is 12.1 Å². The molecule has 13 heteroatoms. The highest BCUT2D eigenvalue weighted by molar-refractivity contribution is 7.23. The fourth-order valence-electron chi connectivity index (χ4n) is 7.74. The maximum Gasteiger partial charge on any atom is 0.319 e. The van der Waals surface area contributed by atoms with Crippen molar-refractivity contribution in [3.05, 3.63) is 34.4 Å². The van der Waals surface area contributed by atoms with Crippen molar-refractivity contribution in [3.8, 4) is 29.0 Å². The molecular formula is C32H31ClF2N6O3S. The Balaban J connectivity index is 1.33. The maximum atomic E-state index is 17.1. The summed E-state index contributed by atoms with van der Waals surface area (Å²) in [6, 6.07) is 4.90. The highest BCUT2D eigenvalue weighted by Gasteiger charge is 2.45. The minimum Gasteiger partial charge on any atom is -0.489 e. The lowest BCUT2D eigenvalue weighted by Crippen LogP contribution is -2.49. The molecule has 1 aliphatic carbocycles. The first-order chi connectivity index (χ1) is 21.8. The lowest BCUT2D eigenvalue weighted by molar-refractivity contribution is 0.0248. The molecule has 0 unspecified atom stereocenters. The van der Waals surface area contributed by atoms with Crippen molar-refractivity contribution in [2.45, 2.75) is 56.2 Å². The third-order valence-corrected chi connectivity index (χ3v) is 11.5. The van der Waals surface area contributed by atoms with Crippen molar-refractivity contribution in [3.63, 3.8) is 0 Å². The summed E-state index contributed by atoms with van der Waals surface area (Å²) in [5.74, 6) is -0.547. The van der Waals surface area contributed by atoms with Crippen molar-refractivity contribution in [2.75, 3.05) is 50.6 Å². The van der Waals surface area contributed by atoms with Crippen LogP contribution in [-0.4, -0.2) is 72.5 Å². The molecule has 1 saturated carbocycles. The van der Waals surface area contributed by atoms with Crippen LogP contribution in [0.5, 0.6) is 11.8 Å². The Morgan fingerprint density at radius 2 is 1.96 bits per heavy atom. The Morgan fingerprint density at radius 3 is 2.69 bits per heavy atom. The number of thiophene rings is 1. The van der Waals surface area contributed by atoms with E-state index < -0.39 is 11.6 Å². The number of hydrogen-bond donors (Lipinski definition) is 1. The highest BCUT2D eigenvalue weighted by Crippen LogP contribution is 2.51. The van der Waals surface area contributed by atoms with Crippen molar-refractivity contribution in [2.24, 2.45) is 0 Å². The van der Waals surface area contributed by atoms with Crippen molar-refractivity contribution in [1.29, 1.82) is 5.26 Å². The quantitative estimate of drug-likeness (QED) is 0.257. The van der Waals surface area contributed by atoms with Crippen molar-refractivity contribution < 1.29 is 23.0 Å². The lowest BCUT2D eigenvalue weighted by Gasteiger charge is -2.42. The number of nitrogens with zero attached hydrogens (tertiary/aromatic N) is 5. The number of halogens is 3. The van der Waals surface area contributed by atoms with Gasteiger partial charge in [-0.05, 0) is 63.2 Å². The number of nitriles is 1. The molecule has 0 amide bonds. The molecule has 4 aliphatic rings. The molecule has 5 heterocycles. The van der Waals surface area contributed by atoms with Crippen LogP contribution in [0.3, 0.4) is 0 Å². The van der Waals surface area contributed by atoms with E-state index in [0.29, 0.717) is 24.4 Å². The van der Waals surface area contributed by atoms with E-state index >= 15 is 4.39 Å². The molecule has 2 aromatic carbocycles. The molecule has 0 radical (unpaired) electrons. The molecule has 2 saturated heterocycles. The second-order valence-electron chi connectivity index (χ2n) is 12.4. The van der Waals surface area contributed by atoms with Crippen LogP contribution in [-0.2, 0) is 4.74 Å². The van der Waals surface area contributed by atoms with Crippen LogP contribution in [0.25, 0.3) is 32.1 Å². The Bertz CT molecular complexity index is 1900. The van der Waals surface area contributed by atoms with Crippen LogP contribution in [0.2, 0.25) is 5.02 Å². The Morgan fingerprint density at radius 1 is 1.18 bits per heavy atom. The van der Waals surface area contributed by atoms with Gasteiger partial charge in [0.25, 0.3) is 0 Å². The van der Waals surface area contributed by atoms with Gasteiger partial charge in [0.2, 0.25) is 0 Å². The van der Waals surface area contributed by atoms with E-state index in [2.05, 4.69) is 20.9 Å². The number of nitrogens with two attached hydrogens (primary N) is 1. The zero-order chi connectivity index (χ0) is 31.0. The molecule has 9 nitrogen and oxygen atoms in total. The number of anilines is 2. The lowest BCUT2D eigenvalue weighted by atomic mass is 9.87. The fourth-order valence-corrected chi connectivity index (χ4v) is 9.02. The largest absolute Gasteiger partial charge is 0.489 e. The number of ether oxygens (including phenoxy) is 3. The zero-order valence-electron chi connectivity index (χ0n) is 24.7. The Hall–Kier alpha value is -3.50. The van der Waals surface area contributed by atoms with Crippen LogP contribution < -0.4 is 20.1 Å². The summed E-state index contributed by atoms with van der Waals surface area (Å²) < 4.78 is 50.3. The van der Waals surface area contributed by atoms with Gasteiger partial charge < -0.3 is 24.8 Å². The molecule has 45 heavy (non-hydrogen) atoms. The molecule has 0 atom stereocenters. The molecule has 0 bridgehead atoms. The molecule has 2 N–H and O–H groups in total. The van der Waals surface area contributed by atoms with E-state index in [1.807, 2.05) is 0 Å². The number of nitrogen functional groups attached to an aromatic ring is 1. The maximum absolute atomic E-state index is 17.1. The molecular weight excluding hydrogens is 622 g/mol. The topological polar surface area (TPSA) is 110 Å². The number of methoxy groups -OCH3 is 1. The van der Waals surface area contributed by atoms with E-state index in [-0.39, 0.29) is 78.4 Å². The summed E-state index contributed by atoms with van der Waals surface area (Å²) in [5, 5.41) is 10.6. The van der Waals surface area contributed by atoms with Crippen LogP contribution in [0.4, 0.5) is 19.6 Å². The predicted octanol–water partition coefficient (Wildman–Crippen LogP) is 6.28. The third-order valence-electron chi connectivity index (χ3n) is 10.1. The molecule has 3 aliphatic heterocycles. The molecule has 2 aromatic heterocycles. The first-order valence-corrected chi connectivity index (χ1v) is 16.5. The molecule has 8 rings (SSSR count). The van der Waals surface area contributed by atoms with E-state index in [1.54, 1.807) is 7.11 Å². The first-order valence-electron chi connectivity index (χ1n) is 15.3. The third kappa shape index (κ3) is 4.35. The summed E-state index contributed by atoms with van der Waals surface area (Å²) in [5.41, 5.74) is 6.29. The minimum absolute atomic E-state index is 0.00300. The zero-order valence-corrected chi connectivity index (χ0v) is 26.2. The van der Waals surface area contributed by atoms with Gasteiger partial charge in [-0.15, -0.1) is 11.3 Å². The average Bonchev–Trinajstić information content (AvgIpc) is 3.65.